The van der Waals surface area contributed by atoms with Crippen molar-refractivity contribution in [2.75, 3.05) is 13.2 Å². The summed E-state index contributed by atoms with van der Waals surface area (Å²) in [6.45, 7) is 1.51. The molecule has 0 spiro atoms. The normalized spacial score (nSPS) is 22.8. The van der Waals surface area contributed by atoms with Crippen LogP contribution in [0.5, 0.6) is 5.75 Å². The molecule has 1 atom stereocenters. The van der Waals surface area contributed by atoms with Gasteiger partial charge in [-0.2, -0.15) is 0 Å². The van der Waals surface area contributed by atoms with Gasteiger partial charge in [0.2, 0.25) is 0 Å². The average molecular weight is 165 g/mol. The second-order valence-electron chi connectivity index (χ2n) is 2.95. The van der Waals surface area contributed by atoms with Crippen LogP contribution in [0.25, 0.3) is 0 Å². The Balaban J connectivity index is 2.21. The van der Waals surface area contributed by atoms with Gasteiger partial charge in [0.05, 0.1) is 6.61 Å². The highest BCUT2D eigenvalue weighted by atomic mass is 16.7. The highest BCUT2D eigenvalue weighted by molar-refractivity contribution is 5.30. The number of nitrogens with one attached hydrogen (secondary N) is 1. The minimum atomic E-state index is 0.319. The van der Waals surface area contributed by atoms with Crippen molar-refractivity contribution >= 4 is 0 Å². The summed E-state index contributed by atoms with van der Waals surface area (Å²) in [5.41, 5.74) is 3.93. The molecule has 12 heavy (non-hydrogen) atoms. The van der Waals surface area contributed by atoms with E-state index in [1.165, 1.54) is 0 Å². The van der Waals surface area contributed by atoms with E-state index in [2.05, 4.69) is 5.48 Å². The van der Waals surface area contributed by atoms with Crippen molar-refractivity contribution in [3.8, 4) is 5.75 Å². The van der Waals surface area contributed by atoms with Gasteiger partial charge in [-0.1, -0.05) is 12.1 Å². The van der Waals surface area contributed by atoms with E-state index in [-0.39, 0.29) is 0 Å². The Kier molecular flexibility index (Phi) is 1.98. The van der Waals surface area contributed by atoms with Crippen molar-refractivity contribution in [1.82, 2.24) is 5.48 Å². The Bertz CT molecular complexity index is 269. The molecule has 3 nitrogen and oxygen atoms in total. The van der Waals surface area contributed by atoms with Crippen LogP contribution in [-0.2, 0) is 4.84 Å². The lowest BCUT2D eigenvalue weighted by Crippen LogP contribution is -2.06. The highest BCUT2D eigenvalue weighted by Gasteiger charge is 2.17. The molecule has 2 rings (SSSR count). The van der Waals surface area contributed by atoms with Gasteiger partial charge < -0.3 is 9.94 Å². The first-order chi connectivity index (χ1) is 5.86. The summed E-state index contributed by atoms with van der Waals surface area (Å²) in [6.07, 6.45) is 0. The van der Waals surface area contributed by atoms with E-state index in [1.54, 1.807) is 12.1 Å². The van der Waals surface area contributed by atoms with Crippen molar-refractivity contribution in [3.05, 3.63) is 29.8 Å². The lowest BCUT2D eigenvalue weighted by Gasteiger charge is -2.06. The van der Waals surface area contributed by atoms with Crippen LogP contribution in [0.1, 0.15) is 11.5 Å². The fraction of sp³-hybridized carbons (Fsp3) is 0.333. The van der Waals surface area contributed by atoms with Gasteiger partial charge in [0.15, 0.2) is 0 Å². The highest BCUT2D eigenvalue weighted by Crippen LogP contribution is 2.21. The largest absolute Gasteiger partial charge is 0.508 e. The topological polar surface area (TPSA) is 41.5 Å². The molecule has 0 amide bonds. The maximum atomic E-state index is 9.21. The molecule has 0 bridgehead atoms. The van der Waals surface area contributed by atoms with Gasteiger partial charge in [-0.3, -0.25) is 0 Å². The molecule has 0 aliphatic carbocycles. The molecule has 1 heterocycles. The number of benzene rings is 1. The van der Waals surface area contributed by atoms with E-state index >= 15 is 0 Å². The van der Waals surface area contributed by atoms with E-state index in [0.29, 0.717) is 18.3 Å². The molecular weight excluding hydrogens is 154 g/mol. The maximum absolute atomic E-state index is 9.21. The zero-order valence-electron chi connectivity index (χ0n) is 6.66. The van der Waals surface area contributed by atoms with Gasteiger partial charge in [0, 0.05) is 12.5 Å². The summed E-state index contributed by atoms with van der Waals surface area (Å²) in [6, 6.07) is 7.30. The number of hydroxylamine groups is 1. The van der Waals surface area contributed by atoms with Crippen LogP contribution in [-0.4, -0.2) is 18.3 Å². The summed E-state index contributed by atoms with van der Waals surface area (Å²) in [4.78, 5) is 5.02. The monoisotopic (exact) mass is 165 g/mol. The van der Waals surface area contributed by atoms with Crippen LogP contribution in [0.3, 0.4) is 0 Å². The molecular formula is C9H11NO2. The number of hydrogen-bond acceptors (Lipinski definition) is 3. The lowest BCUT2D eigenvalue weighted by molar-refractivity contribution is 0.101. The quantitative estimate of drug-likeness (QED) is 0.652. The number of aromatic hydroxyl groups is 1. The molecule has 3 heteroatoms. The van der Waals surface area contributed by atoms with Crippen molar-refractivity contribution in [2.45, 2.75) is 5.92 Å². The summed E-state index contributed by atoms with van der Waals surface area (Å²) in [7, 11) is 0. The Morgan fingerprint density at radius 1 is 1.50 bits per heavy atom. The first-order valence-corrected chi connectivity index (χ1v) is 4.00. The van der Waals surface area contributed by atoms with Crippen LogP contribution >= 0.6 is 0 Å². The Morgan fingerprint density at radius 3 is 3.08 bits per heavy atom. The molecule has 1 aliphatic rings. The third-order valence-corrected chi connectivity index (χ3v) is 2.06. The fourth-order valence-corrected chi connectivity index (χ4v) is 1.37. The number of hydrogen-bond donors (Lipinski definition) is 2. The molecule has 1 aliphatic heterocycles. The lowest BCUT2D eigenvalue weighted by atomic mass is 10.0. The van der Waals surface area contributed by atoms with Crippen molar-refractivity contribution < 1.29 is 9.94 Å². The van der Waals surface area contributed by atoms with Crippen LogP contribution in [0.15, 0.2) is 24.3 Å². The fourth-order valence-electron chi connectivity index (χ4n) is 1.37. The zero-order chi connectivity index (χ0) is 8.39. The Hall–Kier alpha value is -1.06. The summed E-state index contributed by atoms with van der Waals surface area (Å²) >= 11 is 0. The predicted molar refractivity (Wildman–Crippen MR) is 44.8 cm³/mol. The molecule has 2 N–H and O–H groups in total. The van der Waals surface area contributed by atoms with Gasteiger partial charge in [0.25, 0.3) is 0 Å². The van der Waals surface area contributed by atoms with Crippen LogP contribution in [0.2, 0.25) is 0 Å². The van der Waals surface area contributed by atoms with Crippen LogP contribution < -0.4 is 5.48 Å². The minimum absolute atomic E-state index is 0.319. The second kappa shape index (κ2) is 3.13. The minimum Gasteiger partial charge on any atom is -0.508 e. The van der Waals surface area contributed by atoms with Crippen LogP contribution in [0.4, 0.5) is 0 Å². The summed E-state index contributed by atoms with van der Waals surface area (Å²) in [5.74, 6) is 0.691. The van der Waals surface area contributed by atoms with Gasteiger partial charge in [-0.05, 0) is 17.7 Å². The summed E-state index contributed by atoms with van der Waals surface area (Å²) in [5, 5.41) is 9.21. The standard InChI is InChI=1S/C9H11NO2/c11-9-3-1-2-7(4-9)8-5-10-12-6-8/h1-4,8,10-11H,5-6H2. The Morgan fingerprint density at radius 2 is 2.42 bits per heavy atom. The van der Waals surface area contributed by atoms with Gasteiger partial charge >= 0.3 is 0 Å². The average Bonchev–Trinajstić information content (AvgIpc) is 2.56. The maximum Gasteiger partial charge on any atom is 0.115 e. The first kappa shape index (κ1) is 7.58. The van der Waals surface area contributed by atoms with E-state index in [4.69, 9.17) is 4.84 Å². The summed E-state index contributed by atoms with van der Waals surface area (Å²) < 4.78 is 0. The molecule has 1 aromatic rings. The Labute approximate surface area is 70.9 Å². The number of phenolic OH excluding ortho intramolecular Hbond substituents is 1. The van der Waals surface area contributed by atoms with Crippen molar-refractivity contribution in [1.29, 1.82) is 0 Å². The van der Waals surface area contributed by atoms with Crippen molar-refractivity contribution in [3.63, 3.8) is 0 Å². The smallest absolute Gasteiger partial charge is 0.115 e. The number of phenols is 1. The SMILES string of the molecule is Oc1cccc(C2CNOC2)c1. The molecule has 0 saturated carbocycles. The second-order valence-corrected chi connectivity index (χ2v) is 2.95. The van der Waals surface area contributed by atoms with E-state index in [9.17, 15) is 5.11 Å². The molecule has 1 aromatic carbocycles. The number of rotatable bonds is 1. The van der Waals surface area contributed by atoms with Gasteiger partial charge in [-0.15, -0.1) is 0 Å². The molecule has 1 fully saturated rings. The molecule has 0 aromatic heterocycles. The van der Waals surface area contributed by atoms with Gasteiger partial charge in [-0.25, -0.2) is 5.48 Å². The molecule has 1 saturated heterocycles. The molecule has 0 radical (unpaired) electrons. The van der Waals surface area contributed by atoms with Crippen molar-refractivity contribution in [2.24, 2.45) is 0 Å². The third kappa shape index (κ3) is 1.42. The van der Waals surface area contributed by atoms with E-state index in [0.717, 1.165) is 12.1 Å². The third-order valence-electron chi connectivity index (χ3n) is 2.06. The van der Waals surface area contributed by atoms with Gasteiger partial charge in [0.1, 0.15) is 5.75 Å². The molecule has 1 unspecified atom stereocenters. The molecule has 64 valence electrons. The zero-order valence-corrected chi connectivity index (χ0v) is 6.66. The van der Waals surface area contributed by atoms with E-state index in [1.807, 2.05) is 12.1 Å². The first-order valence-electron chi connectivity index (χ1n) is 4.00. The van der Waals surface area contributed by atoms with Crippen LogP contribution in [0, 0.1) is 0 Å². The predicted octanol–water partition coefficient (Wildman–Crippen LogP) is 1.01. The van der Waals surface area contributed by atoms with E-state index < -0.39 is 0 Å².